The van der Waals surface area contributed by atoms with E-state index < -0.39 is 0 Å². The number of furan rings is 1. The molecule has 0 fully saturated rings. The summed E-state index contributed by atoms with van der Waals surface area (Å²) in [6.45, 7) is 1.29. The number of hydrogen-bond acceptors (Lipinski definition) is 4. The van der Waals surface area contributed by atoms with Crippen molar-refractivity contribution in [2.45, 2.75) is 19.5 Å². The van der Waals surface area contributed by atoms with Gasteiger partial charge < -0.3 is 23.8 Å². The van der Waals surface area contributed by atoms with Gasteiger partial charge in [0, 0.05) is 25.5 Å². The summed E-state index contributed by atoms with van der Waals surface area (Å²) in [4.78, 5) is 4.03. The number of hydrogen-bond donors (Lipinski definition) is 2. The van der Waals surface area contributed by atoms with Gasteiger partial charge in [-0.1, -0.05) is 30.3 Å². The highest BCUT2D eigenvalue weighted by atomic mass is 16.3. The summed E-state index contributed by atoms with van der Waals surface area (Å²) in [5.74, 6) is 0.313. The molecule has 6 nitrogen and oxygen atoms in total. The number of rotatable bonds is 6. The predicted octanol–water partition coefficient (Wildman–Crippen LogP) is 4.11. The van der Waals surface area contributed by atoms with Crippen molar-refractivity contribution in [3.05, 3.63) is 67.4 Å². The molecule has 6 heteroatoms. The lowest BCUT2D eigenvalue weighted by atomic mass is 10.0. The second-order valence-corrected chi connectivity index (χ2v) is 6.04. The largest absolute Gasteiger partial charge is 0.503 e. The van der Waals surface area contributed by atoms with Crippen LogP contribution in [-0.2, 0) is 13.1 Å². The summed E-state index contributed by atoms with van der Waals surface area (Å²) >= 11 is 0. The van der Waals surface area contributed by atoms with Crippen molar-refractivity contribution in [1.29, 1.82) is 0 Å². The molecule has 0 spiro atoms. The summed E-state index contributed by atoms with van der Waals surface area (Å²) in [6, 6.07) is 13.1. The third kappa shape index (κ3) is 2.86. The normalized spacial score (nSPS) is 11.1. The Labute approximate surface area is 150 Å². The summed E-state index contributed by atoms with van der Waals surface area (Å²) in [7, 11) is 0. The van der Waals surface area contributed by atoms with Crippen LogP contribution in [0, 0.1) is 0 Å². The van der Waals surface area contributed by atoms with E-state index in [1.807, 2.05) is 47.2 Å². The molecule has 0 aliphatic carbocycles. The first-order valence-corrected chi connectivity index (χ1v) is 8.45. The number of aryl methyl sites for hydroxylation is 1. The minimum Gasteiger partial charge on any atom is -0.503 e. The second kappa shape index (κ2) is 6.84. The Morgan fingerprint density at radius 1 is 1.00 bits per heavy atom. The average Bonchev–Trinajstić information content (AvgIpc) is 3.40. The third-order valence-electron chi connectivity index (χ3n) is 4.39. The van der Waals surface area contributed by atoms with Crippen LogP contribution in [0.1, 0.15) is 6.42 Å². The first-order valence-electron chi connectivity index (χ1n) is 8.45. The van der Waals surface area contributed by atoms with Gasteiger partial charge in [-0.15, -0.1) is 0 Å². The standard InChI is InChI=1S/C20H19N3O3/c24-19-17(15-6-2-1-3-7-15)18(16-8-4-13-26-16)23(20(19)25)11-5-10-22-12-9-21-14-22/h1-4,6-9,12-14,24-25H,5,10-11H2. The SMILES string of the molecule is Oc1c(-c2ccccc2)c(-c2ccco2)n(CCCn2ccnc2)c1O. The van der Waals surface area contributed by atoms with E-state index in [4.69, 9.17) is 4.42 Å². The average molecular weight is 349 g/mol. The molecular formula is C20H19N3O3. The minimum absolute atomic E-state index is 0.134. The lowest BCUT2D eigenvalue weighted by Gasteiger charge is -2.10. The van der Waals surface area contributed by atoms with Crippen molar-refractivity contribution < 1.29 is 14.6 Å². The van der Waals surface area contributed by atoms with E-state index in [2.05, 4.69) is 4.98 Å². The van der Waals surface area contributed by atoms with Crippen LogP contribution in [-0.4, -0.2) is 24.3 Å². The maximum atomic E-state index is 10.6. The molecular weight excluding hydrogens is 330 g/mol. The van der Waals surface area contributed by atoms with Gasteiger partial charge in [-0.2, -0.15) is 0 Å². The van der Waals surface area contributed by atoms with E-state index in [1.165, 1.54) is 0 Å². The Kier molecular flexibility index (Phi) is 4.23. The van der Waals surface area contributed by atoms with E-state index in [-0.39, 0.29) is 11.6 Å². The zero-order chi connectivity index (χ0) is 17.9. The lowest BCUT2D eigenvalue weighted by molar-refractivity contribution is 0.368. The highest BCUT2D eigenvalue weighted by Gasteiger charge is 2.25. The molecule has 0 bridgehead atoms. The van der Waals surface area contributed by atoms with Crippen LogP contribution < -0.4 is 0 Å². The first kappa shape index (κ1) is 16.1. The summed E-state index contributed by atoms with van der Waals surface area (Å²) in [5.41, 5.74) is 2.06. The molecule has 26 heavy (non-hydrogen) atoms. The van der Waals surface area contributed by atoms with Crippen molar-refractivity contribution in [3.8, 4) is 34.2 Å². The summed E-state index contributed by atoms with van der Waals surface area (Å²) in [5, 5.41) is 21.2. The number of aromatic hydroxyl groups is 2. The molecule has 0 saturated carbocycles. The second-order valence-electron chi connectivity index (χ2n) is 6.04. The monoisotopic (exact) mass is 349 g/mol. The lowest BCUT2D eigenvalue weighted by Crippen LogP contribution is -2.04. The predicted molar refractivity (Wildman–Crippen MR) is 97.7 cm³/mol. The van der Waals surface area contributed by atoms with E-state index in [0.29, 0.717) is 23.6 Å². The molecule has 4 rings (SSSR count). The quantitative estimate of drug-likeness (QED) is 0.549. The van der Waals surface area contributed by atoms with Crippen molar-refractivity contribution in [2.75, 3.05) is 0 Å². The fourth-order valence-electron chi connectivity index (χ4n) is 3.19. The van der Waals surface area contributed by atoms with Crippen LogP contribution in [0.3, 0.4) is 0 Å². The number of imidazole rings is 1. The topological polar surface area (TPSA) is 76.4 Å². The van der Waals surface area contributed by atoms with Crippen molar-refractivity contribution in [3.63, 3.8) is 0 Å². The highest BCUT2D eigenvalue weighted by Crippen LogP contribution is 2.47. The molecule has 0 aliphatic rings. The van der Waals surface area contributed by atoms with Crippen LogP contribution in [0.25, 0.3) is 22.6 Å². The summed E-state index contributed by atoms with van der Waals surface area (Å²) < 4.78 is 9.26. The Hall–Kier alpha value is -3.41. The maximum absolute atomic E-state index is 10.6. The van der Waals surface area contributed by atoms with E-state index in [9.17, 15) is 10.2 Å². The van der Waals surface area contributed by atoms with Crippen LogP contribution in [0.5, 0.6) is 11.6 Å². The van der Waals surface area contributed by atoms with Crippen molar-refractivity contribution in [2.24, 2.45) is 0 Å². The van der Waals surface area contributed by atoms with E-state index in [0.717, 1.165) is 18.5 Å². The highest BCUT2D eigenvalue weighted by molar-refractivity contribution is 5.87. The fraction of sp³-hybridized carbons (Fsp3) is 0.150. The molecule has 3 aromatic heterocycles. The fourth-order valence-corrected chi connectivity index (χ4v) is 3.19. The van der Waals surface area contributed by atoms with Gasteiger partial charge >= 0.3 is 0 Å². The molecule has 3 heterocycles. The maximum Gasteiger partial charge on any atom is 0.235 e. The Balaban J connectivity index is 1.75. The van der Waals surface area contributed by atoms with E-state index in [1.54, 1.807) is 29.4 Å². The van der Waals surface area contributed by atoms with Gasteiger partial charge in [0.05, 0.1) is 23.8 Å². The Morgan fingerprint density at radius 3 is 2.54 bits per heavy atom. The molecule has 0 radical (unpaired) electrons. The Morgan fingerprint density at radius 2 is 1.85 bits per heavy atom. The zero-order valence-corrected chi connectivity index (χ0v) is 14.1. The van der Waals surface area contributed by atoms with Crippen molar-refractivity contribution >= 4 is 0 Å². The van der Waals surface area contributed by atoms with Gasteiger partial charge in [-0.3, -0.25) is 0 Å². The van der Waals surface area contributed by atoms with Gasteiger partial charge in [-0.05, 0) is 24.1 Å². The molecule has 0 amide bonds. The van der Waals surface area contributed by atoms with E-state index >= 15 is 0 Å². The van der Waals surface area contributed by atoms with Crippen LogP contribution in [0.2, 0.25) is 0 Å². The van der Waals surface area contributed by atoms with Crippen LogP contribution in [0.4, 0.5) is 0 Å². The number of aromatic nitrogens is 3. The molecule has 1 aromatic carbocycles. The van der Waals surface area contributed by atoms with Gasteiger partial charge in [0.1, 0.15) is 0 Å². The van der Waals surface area contributed by atoms with Gasteiger partial charge in [0.25, 0.3) is 0 Å². The molecule has 0 atom stereocenters. The molecule has 0 unspecified atom stereocenters. The first-order chi connectivity index (χ1) is 12.8. The zero-order valence-electron chi connectivity index (χ0n) is 14.1. The minimum atomic E-state index is -0.152. The van der Waals surface area contributed by atoms with Crippen molar-refractivity contribution in [1.82, 2.24) is 14.1 Å². The molecule has 132 valence electrons. The molecule has 4 aromatic rings. The Bertz CT molecular complexity index is 971. The molecule has 0 saturated heterocycles. The molecule has 0 aliphatic heterocycles. The number of benzene rings is 1. The molecule has 2 N–H and O–H groups in total. The number of nitrogens with zero attached hydrogens (tertiary/aromatic N) is 3. The van der Waals surface area contributed by atoms with Crippen LogP contribution >= 0.6 is 0 Å². The van der Waals surface area contributed by atoms with Crippen LogP contribution in [0.15, 0.2) is 71.9 Å². The third-order valence-corrected chi connectivity index (χ3v) is 4.39. The van der Waals surface area contributed by atoms with Gasteiger partial charge in [0.2, 0.25) is 5.88 Å². The summed E-state index contributed by atoms with van der Waals surface area (Å²) in [6.07, 6.45) is 7.74. The smallest absolute Gasteiger partial charge is 0.235 e. The van der Waals surface area contributed by atoms with Gasteiger partial charge in [-0.25, -0.2) is 4.98 Å². The van der Waals surface area contributed by atoms with Gasteiger partial charge in [0.15, 0.2) is 11.5 Å².